The van der Waals surface area contributed by atoms with Gasteiger partial charge in [-0.3, -0.25) is 0 Å². The molecule has 312 valence electrons. The van der Waals surface area contributed by atoms with Crippen LogP contribution in [0, 0.1) is 0 Å². The lowest BCUT2D eigenvalue weighted by atomic mass is 9.67. The molecule has 67 heavy (non-hydrogen) atoms. The molecular formula is C67H44. The fourth-order valence-corrected chi connectivity index (χ4v) is 11.5. The molecule has 0 heteroatoms. The predicted octanol–water partition coefficient (Wildman–Crippen LogP) is 17.8. The van der Waals surface area contributed by atoms with Gasteiger partial charge >= 0.3 is 0 Å². The molecule has 0 spiro atoms. The van der Waals surface area contributed by atoms with Crippen molar-refractivity contribution >= 4 is 32.3 Å². The van der Waals surface area contributed by atoms with Crippen molar-refractivity contribution in [3.63, 3.8) is 0 Å². The summed E-state index contributed by atoms with van der Waals surface area (Å²) in [6.07, 6.45) is 0. The molecular weight excluding hydrogens is 805 g/mol. The van der Waals surface area contributed by atoms with Crippen LogP contribution in [0.4, 0.5) is 0 Å². The first kappa shape index (κ1) is 38.8. The summed E-state index contributed by atoms with van der Waals surface area (Å²) >= 11 is 0. The maximum atomic E-state index is 2.51. The molecule has 13 rings (SSSR count). The van der Waals surface area contributed by atoms with Crippen LogP contribution < -0.4 is 0 Å². The zero-order chi connectivity index (χ0) is 44.3. The van der Waals surface area contributed by atoms with Gasteiger partial charge in [0.2, 0.25) is 0 Å². The van der Waals surface area contributed by atoms with Crippen LogP contribution >= 0.6 is 0 Å². The highest BCUT2D eigenvalue weighted by Crippen LogP contribution is 2.57. The van der Waals surface area contributed by atoms with Gasteiger partial charge in [-0.1, -0.05) is 243 Å². The van der Waals surface area contributed by atoms with E-state index in [1.165, 1.54) is 121 Å². The van der Waals surface area contributed by atoms with Crippen LogP contribution in [0.25, 0.3) is 99.1 Å². The van der Waals surface area contributed by atoms with E-state index in [1.807, 2.05) is 0 Å². The van der Waals surface area contributed by atoms with Gasteiger partial charge in [0.15, 0.2) is 0 Å². The Bertz CT molecular complexity index is 3670. The Morgan fingerprint density at radius 2 is 0.597 bits per heavy atom. The quantitative estimate of drug-likeness (QED) is 0.140. The Morgan fingerprint density at radius 1 is 0.194 bits per heavy atom. The summed E-state index contributed by atoms with van der Waals surface area (Å²) in [7, 11) is 0. The molecule has 0 heterocycles. The molecule has 0 N–H and O–H groups in total. The minimum absolute atomic E-state index is 0.487. The topological polar surface area (TPSA) is 0 Å². The Balaban J connectivity index is 1.04. The van der Waals surface area contributed by atoms with Crippen molar-refractivity contribution in [1.82, 2.24) is 0 Å². The van der Waals surface area contributed by atoms with Gasteiger partial charge in [-0.2, -0.15) is 0 Å². The number of fused-ring (bicyclic) bond motifs is 6. The molecule has 1 aliphatic carbocycles. The maximum Gasteiger partial charge on any atom is 0.0713 e. The summed E-state index contributed by atoms with van der Waals surface area (Å²) in [6, 6.07) is 99.0. The van der Waals surface area contributed by atoms with E-state index in [1.54, 1.807) is 0 Å². The molecule has 0 unspecified atom stereocenters. The fourth-order valence-electron chi connectivity index (χ4n) is 11.5. The highest BCUT2D eigenvalue weighted by Gasteiger charge is 2.46. The lowest BCUT2D eigenvalue weighted by Crippen LogP contribution is -2.28. The molecule has 0 fully saturated rings. The first-order valence-electron chi connectivity index (χ1n) is 23.3. The van der Waals surface area contributed by atoms with Gasteiger partial charge < -0.3 is 0 Å². The summed E-state index contributed by atoms with van der Waals surface area (Å²) in [5.74, 6) is 0. The lowest BCUT2D eigenvalue weighted by Gasteiger charge is -2.34. The van der Waals surface area contributed by atoms with Gasteiger partial charge in [-0.15, -0.1) is 0 Å². The number of benzene rings is 12. The highest BCUT2D eigenvalue weighted by molar-refractivity contribution is 6.24. The average Bonchev–Trinajstić information content (AvgIpc) is 3.71. The monoisotopic (exact) mass is 848 g/mol. The molecule has 0 saturated carbocycles. The second-order valence-corrected chi connectivity index (χ2v) is 17.9. The zero-order valence-electron chi connectivity index (χ0n) is 36.9. The van der Waals surface area contributed by atoms with Crippen LogP contribution in [-0.2, 0) is 5.41 Å². The number of rotatable bonds is 7. The van der Waals surface area contributed by atoms with E-state index in [0.717, 1.165) is 0 Å². The van der Waals surface area contributed by atoms with E-state index in [9.17, 15) is 0 Å². The van der Waals surface area contributed by atoms with Crippen molar-refractivity contribution in [3.05, 3.63) is 289 Å². The minimum Gasteiger partial charge on any atom is -0.0622 e. The van der Waals surface area contributed by atoms with Gasteiger partial charge in [0.1, 0.15) is 0 Å². The summed E-state index contributed by atoms with van der Waals surface area (Å²) < 4.78 is 0. The number of hydrogen-bond donors (Lipinski definition) is 0. The molecule has 0 amide bonds. The summed E-state index contributed by atoms with van der Waals surface area (Å²) in [5, 5.41) is 7.44. The third-order valence-electron chi connectivity index (χ3n) is 14.3. The standard InChI is InChI=1S/C67H44/c1-5-21-45(22-6-1)48-41-49(46-23-7-2-8-24-46)43-50(42-48)53-34-19-36-55-54(53)35-20-37-58(55)66-61-32-15-13-30-59(61)65(60-31-14-16-33-62(60)66)47-39-40-57-56-29-17-18-38-63(56)67(64(57)44-47,51-25-9-3-10-26-51)52-27-11-4-12-28-52/h1-44H. The van der Waals surface area contributed by atoms with Gasteiger partial charge in [-0.25, -0.2) is 0 Å². The molecule has 1 aliphatic rings. The van der Waals surface area contributed by atoms with Crippen molar-refractivity contribution in [2.24, 2.45) is 0 Å². The fraction of sp³-hybridized carbons (Fsp3) is 0.0149. The summed E-state index contributed by atoms with van der Waals surface area (Å²) in [4.78, 5) is 0. The molecule has 0 atom stereocenters. The van der Waals surface area contributed by atoms with E-state index in [2.05, 4.69) is 267 Å². The Morgan fingerprint density at radius 3 is 1.16 bits per heavy atom. The molecule has 12 aromatic carbocycles. The van der Waals surface area contributed by atoms with Crippen LogP contribution in [0.15, 0.2) is 267 Å². The molecule has 0 bridgehead atoms. The Labute approximate surface area is 391 Å². The van der Waals surface area contributed by atoms with Crippen LogP contribution in [0.5, 0.6) is 0 Å². The molecule has 0 aromatic heterocycles. The second kappa shape index (κ2) is 15.8. The summed E-state index contributed by atoms with van der Waals surface area (Å²) in [5.41, 5.74) is 19.5. The van der Waals surface area contributed by atoms with E-state index >= 15 is 0 Å². The predicted molar refractivity (Wildman–Crippen MR) is 283 cm³/mol. The van der Waals surface area contributed by atoms with E-state index in [0.29, 0.717) is 0 Å². The molecule has 12 aromatic rings. The summed E-state index contributed by atoms with van der Waals surface area (Å²) in [6.45, 7) is 0. The van der Waals surface area contributed by atoms with Crippen molar-refractivity contribution in [1.29, 1.82) is 0 Å². The van der Waals surface area contributed by atoms with Crippen LogP contribution in [0.1, 0.15) is 22.3 Å². The lowest BCUT2D eigenvalue weighted by molar-refractivity contribution is 0.769. The van der Waals surface area contributed by atoms with Gasteiger partial charge in [0.05, 0.1) is 5.41 Å². The molecule has 0 saturated heterocycles. The first-order valence-corrected chi connectivity index (χ1v) is 23.3. The van der Waals surface area contributed by atoms with Crippen LogP contribution in [-0.4, -0.2) is 0 Å². The van der Waals surface area contributed by atoms with Gasteiger partial charge in [-0.05, 0) is 146 Å². The third kappa shape index (κ3) is 6.14. The van der Waals surface area contributed by atoms with Crippen LogP contribution in [0.2, 0.25) is 0 Å². The van der Waals surface area contributed by atoms with Crippen molar-refractivity contribution < 1.29 is 0 Å². The molecule has 0 radical (unpaired) electrons. The van der Waals surface area contributed by atoms with E-state index in [-0.39, 0.29) is 0 Å². The smallest absolute Gasteiger partial charge is 0.0622 e. The van der Waals surface area contributed by atoms with Crippen molar-refractivity contribution in [2.45, 2.75) is 5.41 Å². The SMILES string of the molecule is c1ccc(-c2cc(-c3ccccc3)cc(-c3cccc4c(-c5c6ccccc6c(-c6ccc7c(c6)C(c6ccccc6)(c6ccccc6)c6ccccc6-7)c6ccccc56)cccc34)c2)cc1. The largest absolute Gasteiger partial charge is 0.0713 e. The zero-order valence-corrected chi connectivity index (χ0v) is 36.9. The van der Waals surface area contributed by atoms with E-state index in [4.69, 9.17) is 0 Å². The van der Waals surface area contributed by atoms with E-state index < -0.39 is 5.41 Å². The van der Waals surface area contributed by atoms with Crippen molar-refractivity contribution in [2.75, 3.05) is 0 Å². The highest BCUT2D eigenvalue weighted by atomic mass is 14.5. The molecule has 0 nitrogen and oxygen atoms in total. The second-order valence-electron chi connectivity index (χ2n) is 17.9. The number of hydrogen-bond acceptors (Lipinski definition) is 0. The normalized spacial score (nSPS) is 12.6. The van der Waals surface area contributed by atoms with Crippen molar-refractivity contribution in [3.8, 4) is 66.8 Å². The molecule has 0 aliphatic heterocycles. The van der Waals surface area contributed by atoms with Gasteiger partial charge in [0, 0.05) is 0 Å². The third-order valence-corrected chi connectivity index (χ3v) is 14.3. The minimum atomic E-state index is -0.487. The van der Waals surface area contributed by atoms with Crippen LogP contribution in [0.3, 0.4) is 0 Å². The van der Waals surface area contributed by atoms with Gasteiger partial charge in [0.25, 0.3) is 0 Å². The Hall–Kier alpha value is -8.58. The first-order chi connectivity index (χ1) is 33.3. The maximum absolute atomic E-state index is 2.51. The average molecular weight is 849 g/mol. The Kier molecular flexibility index (Phi) is 9.18.